The van der Waals surface area contributed by atoms with Crippen LogP contribution in [0.15, 0.2) is 12.7 Å². The molecule has 3 heterocycles. The number of aromatic nitrogens is 6. The summed E-state index contributed by atoms with van der Waals surface area (Å²) in [7, 11) is 3.52. The van der Waals surface area contributed by atoms with Crippen LogP contribution in [0, 0.1) is 0 Å². The van der Waals surface area contributed by atoms with Crippen molar-refractivity contribution in [3.63, 3.8) is 0 Å². The fourth-order valence-corrected chi connectivity index (χ4v) is 2.39. The van der Waals surface area contributed by atoms with E-state index in [4.69, 9.17) is 4.74 Å². The van der Waals surface area contributed by atoms with E-state index in [-0.39, 0.29) is 0 Å². The summed E-state index contributed by atoms with van der Waals surface area (Å²) in [4.78, 5) is 15.5. The molecule has 0 aromatic carbocycles. The number of nitrogens with zero attached hydrogens (tertiary/aromatic N) is 5. The zero-order chi connectivity index (χ0) is 14.8. The van der Waals surface area contributed by atoms with E-state index in [1.165, 1.54) is 6.33 Å². The first-order valence-electron chi connectivity index (χ1n) is 6.71. The van der Waals surface area contributed by atoms with E-state index in [1.807, 2.05) is 7.05 Å². The summed E-state index contributed by atoms with van der Waals surface area (Å²) in [5.41, 5.74) is 3.48. The van der Waals surface area contributed by atoms with Gasteiger partial charge < -0.3 is 15.0 Å². The van der Waals surface area contributed by atoms with Crippen LogP contribution in [0.25, 0.3) is 11.2 Å². The monoisotopic (exact) mass is 287 g/mol. The molecule has 8 heteroatoms. The van der Waals surface area contributed by atoms with Crippen LogP contribution >= 0.6 is 0 Å². The average Bonchev–Trinajstić information content (AvgIpc) is 3.08. The van der Waals surface area contributed by atoms with Gasteiger partial charge >= 0.3 is 0 Å². The minimum absolute atomic E-state index is 0.575. The topological polar surface area (TPSA) is 93.5 Å². The zero-order valence-corrected chi connectivity index (χ0v) is 12.2. The highest BCUT2D eigenvalue weighted by Gasteiger charge is 2.16. The highest BCUT2D eigenvalue weighted by atomic mass is 16.5. The molecule has 2 N–H and O–H groups in total. The molecule has 110 valence electrons. The molecule has 3 rings (SSSR count). The lowest BCUT2D eigenvalue weighted by Gasteiger charge is -2.08. The van der Waals surface area contributed by atoms with Gasteiger partial charge in [0.15, 0.2) is 11.5 Å². The molecule has 0 spiro atoms. The molecule has 3 aromatic heterocycles. The number of aromatic amines is 1. The van der Waals surface area contributed by atoms with Crippen molar-refractivity contribution in [2.24, 2.45) is 7.05 Å². The minimum Gasteiger partial charge on any atom is -0.481 e. The Kier molecular flexibility index (Phi) is 3.43. The number of rotatable bonds is 5. The Morgan fingerprint density at radius 2 is 2.19 bits per heavy atom. The third kappa shape index (κ3) is 2.28. The van der Waals surface area contributed by atoms with Gasteiger partial charge in [-0.15, -0.1) is 0 Å². The maximum Gasteiger partial charge on any atom is 0.216 e. The van der Waals surface area contributed by atoms with Gasteiger partial charge in [0, 0.05) is 13.6 Å². The molecule has 0 aliphatic carbocycles. The number of H-pyrrole nitrogens is 1. The van der Waals surface area contributed by atoms with Crippen LogP contribution in [0.5, 0.6) is 5.88 Å². The van der Waals surface area contributed by atoms with Crippen LogP contribution in [0.4, 0.5) is 5.82 Å². The van der Waals surface area contributed by atoms with E-state index in [0.717, 1.165) is 29.1 Å². The first kappa shape index (κ1) is 13.3. The third-order valence-electron chi connectivity index (χ3n) is 3.35. The van der Waals surface area contributed by atoms with Gasteiger partial charge in [-0.2, -0.15) is 5.10 Å². The largest absolute Gasteiger partial charge is 0.481 e. The van der Waals surface area contributed by atoms with Gasteiger partial charge in [-0.1, -0.05) is 6.92 Å². The third-order valence-corrected chi connectivity index (χ3v) is 3.35. The number of fused-ring (bicyclic) bond motifs is 1. The number of aryl methyl sites for hydroxylation is 2. The molecule has 0 saturated heterocycles. The fourth-order valence-electron chi connectivity index (χ4n) is 2.39. The lowest BCUT2D eigenvalue weighted by molar-refractivity contribution is 0.369. The SMILES string of the molecule is CCc1nn(C)c(OC)c1CNc1ncnc2nc[nH]c12. The van der Waals surface area contributed by atoms with Crippen LogP contribution < -0.4 is 10.1 Å². The number of methoxy groups -OCH3 is 1. The molecule has 0 fully saturated rings. The van der Waals surface area contributed by atoms with Gasteiger partial charge in [-0.3, -0.25) is 0 Å². The summed E-state index contributed by atoms with van der Waals surface area (Å²) < 4.78 is 7.18. The van der Waals surface area contributed by atoms with Crippen LogP contribution in [-0.2, 0) is 20.0 Å². The molecule has 8 nitrogen and oxygen atoms in total. The maximum atomic E-state index is 5.43. The quantitative estimate of drug-likeness (QED) is 0.734. The predicted molar refractivity (Wildman–Crippen MR) is 78.1 cm³/mol. The zero-order valence-electron chi connectivity index (χ0n) is 12.2. The van der Waals surface area contributed by atoms with Gasteiger partial charge in [0.1, 0.15) is 11.8 Å². The van der Waals surface area contributed by atoms with E-state index >= 15 is 0 Å². The molecule has 0 aliphatic rings. The average molecular weight is 287 g/mol. The molecule has 0 unspecified atom stereocenters. The number of hydrogen-bond donors (Lipinski definition) is 2. The van der Waals surface area contributed by atoms with Crippen molar-refractivity contribution >= 4 is 17.0 Å². The Morgan fingerprint density at radius 3 is 2.95 bits per heavy atom. The van der Waals surface area contributed by atoms with E-state index < -0.39 is 0 Å². The van der Waals surface area contributed by atoms with Crippen molar-refractivity contribution in [1.29, 1.82) is 0 Å². The van der Waals surface area contributed by atoms with Crippen molar-refractivity contribution in [1.82, 2.24) is 29.7 Å². The summed E-state index contributed by atoms with van der Waals surface area (Å²) in [5.74, 6) is 1.47. The number of imidazole rings is 1. The lowest BCUT2D eigenvalue weighted by Crippen LogP contribution is -2.05. The molecule has 0 atom stereocenters. The van der Waals surface area contributed by atoms with Gasteiger partial charge in [0.05, 0.1) is 24.7 Å². The van der Waals surface area contributed by atoms with E-state index in [2.05, 4.69) is 37.3 Å². The van der Waals surface area contributed by atoms with Crippen molar-refractivity contribution in [2.45, 2.75) is 19.9 Å². The molecular weight excluding hydrogens is 270 g/mol. The minimum atomic E-state index is 0.575. The van der Waals surface area contributed by atoms with Crippen LogP contribution in [0.1, 0.15) is 18.2 Å². The number of anilines is 1. The van der Waals surface area contributed by atoms with Gasteiger partial charge in [-0.25, -0.2) is 19.6 Å². The smallest absolute Gasteiger partial charge is 0.216 e. The van der Waals surface area contributed by atoms with E-state index in [1.54, 1.807) is 18.1 Å². The molecule has 3 aromatic rings. The highest BCUT2D eigenvalue weighted by Crippen LogP contribution is 2.24. The second-order valence-corrected chi connectivity index (χ2v) is 4.59. The van der Waals surface area contributed by atoms with E-state index in [0.29, 0.717) is 18.0 Å². The Labute approximate surface area is 121 Å². The van der Waals surface area contributed by atoms with Crippen molar-refractivity contribution in [3.8, 4) is 5.88 Å². The van der Waals surface area contributed by atoms with Gasteiger partial charge in [0.2, 0.25) is 5.88 Å². The van der Waals surface area contributed by atoms with E-state index in [9.17, 15) is 0 Å². The fraction of sp³-hybridized carbons (Fsp3) is 0.385. The molecule has 0 saturated carbocycles. The van der Waals surface area contributed by atoms with Crippen molar-refractivity contribution in [2.75, 3.05) is 12.4 Å². The number of hydrogen-bond acceptors (Lipinski definition) is 6. The standard InChI is InChI=1S/C13H17N7O/c1-4-9-8(13(21-3)20(2)19-9)5-14-11-10-12(16-6-15-10)18-7-17-11/h6-7H,4-5H2,1-3H3,(H2,14,15,16,17,18). The Balaban J connectivity index is 1.89. The van der Waals surface area contributed by atoms with Crippen LogP contribution in [0.3, 0.4) is 0 Å². The van der Waals surface area contributed by atoms with Gasteiger partial charge in [0.25, 0.3) is 0 Å². The predicted octanol–water partition coefficient (Wildman–Crippen LogP) is 1.27. The molecule has 0 amide bonds. The highest BCUT2D eigenvalue weighted by molar-refractivity contribution is 5.81. The summed E-state index contributed by atoms with van der Waals surface area (Å²) in [6, 6.07) is 0. The second kappa shape index (κ2) is 5.39. The number of ether oxygens (including phenoxy) is 1. The van der Waals surface area contributed by atoms with Crippen LogP contribution in [-0.4, -0.2) is 36.8 Å². The van der Waals surface area contributed by atoms with Gasteiger partial charge in [-0.05, 0) is 6.42 Å². The molecule has 0 radical (unpaired) electrons. The van der Waals surface area contributed by atoms with Crippen molar-refractivity contribution < 1.29 is 4.74 Å². The first-order valence-corrected chi connectivity index (χ1v) is 6.71. The number of nitrogens with one attached hydrogen (secondary N) is 2. The molecule has 0 aliphatic heterocycles. The summed E-state index contributed by atoms with van der Waals surface area (Å²) >= 11 is 0. The maximum absolute atomic E-state index is 5.43. The van der Waals surface area contributed by atoms with Crippen LogP contribution in [0.2, 0.25) is 0 Å². The summed E-state index contributed by atoms with van der Waals surface area (Å²) in [5, 5.41) is 7.76. The van der Waals surface area contributed by atoms with Crippen molar-refractivity contribution in [3.05, 3.63) is 23.9 Å². The molecular formula is C13H17N7O. The Morgan fingerprint density at radius 1 is 1.33 bits per heavy atom. The summed E-state index contributed by atoms with van der Waals surface area (Å²) in [6.45, 7) is 2.65. The Bertz CT molecular complexity index is 761. The second-order valence-electron chi connectivity index (χ2n) is 4.59. The summed E-state index contributed by atoms with van der Waals surface area (Å²) in [6.07, 6.45) is 3.94. The lowest BCUT2D eigenvalue weighted by atomic mass is 10.2. The first-order chi connectivity index (χ1) is 10.2. The normalized spacial score (nSPS) is 11.0. The Hall–Kier alpha value is -2.64. The molecule has 21 heavy (non-hydrogen) atoms. The molecule has 0 bridgehead atoms.